The van der Waals surface area contributed by atoms with Gasteiger partial charge in [0, 0.05) is 28.7 Å². The molecule has 0 radical (unpaired) electrons. The lowest BCUT2D eigenvalue weighted by molar-refractivity contribution is -0.0203. The van der Waals surface area contributed by atoms with Crippen LogP contribution in [0.4, 0.5) is 5.82 Å². The second-order valence-electron chi connectivity index (χ2n) is 7.37. The molecule has 3 N–H and O–H groups in total. The van der Waals surface area contributed by atoms with Crippen molar-refractivity contribution >= 4 is 43.7 Å². The van der Waals surface area contributed by atoms with E-state index >= 15 is 0 Å². The van der Waals surface area contributed by atoms with Crippen molar-refractivity contribution in [3.05, 3.63) is 59.1 Å². The predicted molar refractivity (Wildman–Crippen MR) is 114 cm³/mol. The first kappa shape index (κ1) is 18.5. The van der Waals surface area contributed by atoms with Gasteiger partial charge in [-0.25, -0.2) is 9.97 Å². The minimum atomic E-state index is -0.522. The van der Waals surface area contributed by atoms with Crippen molar-refractivity contribution in [2.24, 2.45) is 0 Å². The highest BCUT2D eigenvalue weighted by molar-refractivity contribution is 9.10. The summed E-state index contributed by atoms with van der Waals surface area (Å²) in [6.07, 6.45) is 6.18. The normalized spacial score (nSPS) is 21.9. The fourth-order valence-electron chi connectivity index (χ4n) is 3.97. The van der Waals surface area contributed by atoms with E-state index in [1.54, 1.807) is 6.20 Å². The smallest absolute Gasteiger partial charge is 0.147 e. The lowest BCUT2D eigenvalue weighted by Gasteiger charge is -2.16. The lowest BCUT2D eigenvalue weighted by atomic mass is 10.0. The average molecular weight is 454 g/mol. The van der Waals surface area contributed by atoms with Crippen molar-refractivity contribution in [2.45, 2.75) is 37.7 Å². The first-order chi connectivity index (χ1) is 14.1. The fraction of sp³-hybridized carbons (Fsp3) is 0.286. The largest absolute Gasteiger partial charge is 0.390 e. The molecule has 1 fully saturated rings. The molecule has 1 aromatic carbocycles. The highest BCUT2D eigenvalue weighted by Gasteiger charge is 2.35. The third kappa shape index (κ3) is 3.48. The molecule has 7 nitrogen and oxygen atoms in total. The molecule has 0 bridgehead atoms. The Morgan fingerprint density at radius 2 is 2.10 bits per heavy atom. The number of nitrogen functional groups attached to an aromatic ring is 1. The Morgan fingerprint density at radius 3 is 3.00 bits per heavy atom. The number of aryl methyl sites for hydroxylation is 1. The molecule has 0 saturated carbocycles. The summed E-state index contributed by atoms with van der Waals surface area (Å²) in [7, 11) is 0. The maximum absolute atomic E-state index is 10.6. The quantitative estimate of drug-likeness (QED) is 0.489. The van der Waals surface area contributed by atoms with Crippen molar-refractivity contribution < 1.29 is 9.84 Å². The summed E-state index contributed by atoms with van der Waals surface area (Å²) >= 11 is 3.45. The predicted octanol–water partition coefficient (Wildman–Crippen LogP) is 3.61. The van der Waals surface area contributed by atoms with E-state index in [1.165, 1.54) is 11.9 Å². The second-order valence-corrected chi connectivity index (χ2v) is 8.29. The molecule has 3 unspecified atom stereocenters. The molecule has 3 atom stereocenters. The van der Waals surface area contributed by atoms with Crippen LogP contribution in [0.15, 0.2) is 53.5 Å². The minimum absolute atomic E-state index is 0.231. The van der Waals surface area contributed by atoms with Crippen LogP contribution in [0.5, 0.6) is 0 Å². The second kappa shape index (κ2) is 7.37. The highest BCUT2D eigenvalue weighted by Crippen LogP contribution is 2.34. The molecular formula is C21H20BrN5O2. The summed E-state index contributed by atoms with van der Waals surface area (Å²) in [5, 5.41) is 12.4. The van der Waals surface area contributed by atoms with Gasteiger partial charge in [-0.05, 0) is 52.5 Å². The van der Waals surface area contributed by atoms with Crippen LogP contribution in [0.2, 0.25) is 0 Å². The zero-order chi connectivity index (χ0) is 20.0. The number of ether oxygens (including phenoxy) is 1. The fourth-order valence-corrected chi connectivity index (χ4v) is 4.32. The topological polar surface area (TPSA) is 99.1 Å². The maximum atomic E-state index is 10.6. The van der Waals surface area contributed by atoms with Crippen LogP contribution in [-0.4, -0.2) is 36.8 Å². The number of pyridine rings is 1. The number of nitrogens with zero attached hydrogens (tertiary/aromatic N) is 4. The van der Waals surface area contributed by atoms with Gasteiger partial charge >= 0.3 is 0 Å². The van der Waals surface area contributed by atoms with Crippen molar-refractivity contribution in [2.75, 3.05) is 5.73 Å². The number of hydrogen-bond donors (Lipinski definition) is 2. The van der Waals surface area contributed by atoms with E-state index in [0.717, 1.165) is 39.3 Å². The van der Waals surface area contributed by atoms with Gasteiger partial charge in [0.15, 0.2) is 0 Å². The summed E-state index contributed by atoms with van der Waals surface area (Å²) in [4.78, 5) is 12.8. The third-order valence-corrected chi connectivity index (χ3v) is 5.92. The number of rotatable bonds is 4. The number of fused-ring (bicyclic) bond motifs is 2. The molecule has 3 aromatic heterocycles. The van der Waals surface area contributed by atoms with Crippen LogP contribution < -0.4 is 5.73 Å². The van der Waals surface area contributed by atoms with E-state index in [1.807, 2.05) is 16.8 Å². The standard InChI is InChI=1S/C21H20BrN5O2/c22-14-8-13-3-1-12(7-16(13)24-10-14)2-4-18-17(28)9-19(29-18)27-6-5-15-20(23)25-11-26-21(15)27/h1,3,5-8,10-11,17-19,28H,2,4,9H2,(H2,23,25,26). The molecule has 8 heteroatoms. The van der Waals surface area contributed by atoms with Gasteiger partial charge in [0.05, 0.1) is 23.1 Å². The number of halogens is 1. The van der Waals surface area contributed by atoms with Crippen LogP contribution in [0.1, 0.15) is 24.6 Å². The number of aliphatic hydroxyl groups excluding tert-OH is 1. The van der Waals surface area contributed by atoms with Crippen LogP contribution in [0.25, 0.3) is 21.9 Å². The van der Waals surface area contributed by atoms with Crippen molar-refractivity contribution in [1.82, 2.24) is 19.5 Å². The lowest BCUT2D eigenvalue weighted by Crippen LogP contribution is -2.21. The van der Waals surface area contributed by atoms with E-state index in [9.17, 15) is 5.11 Å². The van der Waals surface area contributed by atoms with Gasteiger partial charge in [0.2, 0.25) is 0 Å². The van der Waals surface area contributed by atoms with Gasteiger partial charge in [-0.1, -0.05) is 12.1 Å². The summed E-state index contributed by atoms with van der Waals surface area (Å²) in [6.45, 7) is 0. The number of aliphatic hydroxyl groups is 1. The molecule has 5 rings (SSSR count). The van der Waals surface area contributed by atoms with Crippen LogP contribution >= 0.6 is 15.9 Å². The van der Waals surface area contributed by atoms with Gasteiger partial charge in [0.1, 0.15) is 24.0 Å². The van der Waals surface area contributed by atoms with E-state index in [4.69, 9.17) is 10.5 Å². The maximum Gasteiger partial charge on any atom is 0.147 e. The van der Waals surface area contributed by atoms with Crippen LogP contribution in [-0.2, 0) is 11.2 Å². The Hall–Kier alpha value is -2.55. The first-order valence-electron chi connectivity index (χ1n) is 9.53. The number of nitrogens with two attached hydrogens (primary N) is 1. The first-order valence-corrected chi connectivity index (χ1v) is 10.3. The van der Waals surface area contributed by atoms with Gasteiger partial charge in [-0.3, -0.25) is 4.98 Å². The van der Waals surface area contributed by atoms with Crippen LogP contribution in [0.3, 0.4) is 0 Å². The summed E-state index contributed by atoms with van der Waals surface area (Å²) in [5.41, 5.74) is 8.79. The summed E-state index contributed by atoms with van der Waals surface area (Å²) in [6, 6.07) is 10.2. The van der Waals surface area contributed by atoms with E-state index in [-0.39, 0.29) is 12.3 Å². The number of aromatic nitrogens is 4. The molecule has 1 aliphatic heterocycles. The van der Waals surface area contributed by atoms with Gasteiger partial charge < -0.3 is 20.1 Å². The molecule has 4 heterocycles. The molecule has 4 aromatic rings. The zero-order valence-corrected chi connectivity index (χ0v) is 17.2. The Labute approximate surface area is 175 Å². The molecular weight excluding hydrogens is 434 g/mol. The monoisotopic (exact) mass is 453 g/mol. The molecule has 1 saturated heterocycles. The Balaban J connectivity index is 1.30. The Bertz CT molecular complexity index is 1190. The van der Waals surface area contributed by atoms with E-state index in [2.05, 4.69) is 55.1 Å². The molecule has 148 valence electrons. The molecule has 0 spiro atoms. The van der Waals surface area contributed by atoms with E-state index in [0.29, 0.717) is 12.2 Å². The molecule has 0 aliphatic carbocycles. The molecule has 1 aliphatic rings. The highest BCUT2D eigenvalue weighted by atomic mass is 79.9. The minimum Gasteiger partial charge on any atom is -0.390 e. The number of anilines is 1. The van der Waals surface area contributed by atoms with Crippen molar-refractivity contribution in [3.8, 4) is 0 Å². The summed E-state index contributed by atoms with van der Waals surface area (Å²) < 4.78 is 9.07. The number of benzene rings is 1. The van der Waals surface area contributed by atoms with Gasteiger partial charge in [0.25, 0.3) is 0 Å². The SMILES string of the molecule is Nc1ncnc2c1ccn2C1CC(O)C(CCc2ccc3cc(Br)cnc3c2)O1. The molecule has 0 amide bonds. The average Bonchev–Trinajstić information content (AvgIpc) is 3.30. The van der Waals surface area contributed by atoms with Gasteiger partial charge in [-0.15, -0.1) is 0 Å². The Kier molecular flexibility index (Phi) is 4.69. The van der Waals surface area contributed by atoms with E-state index < -0.39 is 6.10 Å². The third-order valence-electron chi connectivity index (χ3n) is 5.49. The number of hydrogen-bond acceptors (Lipinski definition) is 6. The summed E-state index contributed by atoms with van der Waals surface area (Å²) in [5.74, 6) is 0.445. The Morgan fingerprint density at radius 1 is 1.21 bits per heavy atom. The van der Waals surface area contributed by atoms with Crippen molar-refractivity contribution in [1.29, 1.82) is 0 Å². The molecule has 29 heavy (non-hydrogen) atoms. The zero-order valence-electron chi connectivity index (χ0n) is 15.6. The van der Waals surface area contributed by atoms with Gasteiger partial charge in [-0.2, -0.15) is 0 Å². The van der Waals surface area contributed by atoms with Crippen LogP contribution in [0, 0.1) is 0 Å². The van der Waals surface area contributed by atoms with Crippen molar-refractivity contribution in [3.63, 3.8) is 0 Å².